The van der Waals surface area contributed by atoms with Gasteiger partial charge in [0.25, 0.3) is 0 Å². The highest BCUT2D eigenvalue weighted by molar-refractivity contribution is 7.80. The van der Waals surface area contributed by atoms with E-state index in [1.807, 2.05) is 24.3 Å². The Morgan fingerprint density at radius 1 is 1.06 bits per heavy atom. The van der Waals surface area contributed by atoms with Crippen LogP contribution >= 0.6 is 12.2 Å². The molecule has 2 N–H and O–H groups in total. The number of hydrogen-bond acceptors (Lipinski definition) is 4. The summed E-state index contributed by atoms with van der Waals surface area (Å²) in [6, 6.07) is 23.0. The van der Waals surface area contributed by atoms with E-state index in [2.05, 4.69) is 36.5 Å². The Morgan fingerprint density at radius 3 is 2.31 bits per heavy atom. The van der Waals surface area contributed by atoms with Crippen molar-refractivity contribution in [2.45, 2.75) is 37.5 Å². The van der Waals surface area contributed by atoms with Crippen LogP contribution in [0.4, 0.5) is 9.18 Å². The zero-order valence-corrected chi connectivity index (χ0v) is 21.1. The van der Waals surface area contributed by atoms with Crippen LogP contribution in [0.25, 0.3) is 11.1 Å². The van der Waals surface area contributed by atoms with Gasteiger partial charge in [-0.2, -0.15) is 0 Å². The van der Waals surface area contributed by atoms with Gasteiger partial charge in [0, 0.05) is 24.4 Å². The minimum Gasteiger partial charge on any atom is -0.448 e. The number of benzene rings is 3. The zero-order valence-electron chi connectivity index (χ0n) is 20.2. The van der Waals surface area contributed by atoms with Gasteiger partial charge in [-0.15, -0.1) is 0 Å². The van der Waals surface area contributed by atoms with Gasteiger partial charge in [0.05, 0.1) is 4.99 Å². The largest absolute Gasteiger partial charge is 0.448 e. The standard InChI is InChI=1S/C30H30FNO3S/c1-19-14-20(17-33)30(15-19,26-12-6-7-13-27(26)31)16-28(36)32-29(34)35-18-25-23-10-4-2-8-21(23)22-9-3-5-11-24(22)25/h2-13,19-20,25,33H,14-18H2,1H3,(H,32,34,36)/t19-,20+,30+/m1/s1. The lowest BCUT2D eigenvalue weighted by atomic mass is 9.69. The first kappa shape index (κ1) is 24.6. The SMILES string of the molecule is C[C@@H]1C[C@@H](CO)[C@](CC(=S)NC(=O)OCC2c3ccccc3-c3ccccc32)(c2ccccc2F)C1. The molecule has 5 rings (SSSR count). The van der Waals surface area contributed by atoms with E-state index in [1.54, 1.807) is 18.2 Å². The van der Waals surface area contributed by atoms with E-state index in [-0.39, 0.29) is 37.3 Å². The van der Waals surface area contributed by atoms with E-state index >= 15 is 0 Å². The van der Waals surface area contributed by atoms with Crippen molar-refractivity contribution in [2.24, 2.45) is 11.8 Å². The molecule has 3 aromatic carbocycles. The number of aliphatic hydroxyl groups is 1. The van der Waals surface area contributed by atoms with E-state index in [9.17, 15) is 14.3 Å². The molecule has 4 nitrogen and oxygen atoms in total. The van der Waals surface area contributed by atoms with Crippen molar-refractivity contribution >= 4 is 23.3 Å². The van der Waals surface area contributed by atoms with Gasteiger partial charge in [-0.05, 0) is 58.6 Å². The highest BCUT2D eigenvalue weighted by Crippen LogP contribution is 2.51. The zero-order chi connectivity index (χ0) is 25.3. The molecule has 0 unspecified atom stereocenters. The number of carbonyl (C=O) groups is 1. The maximum absolute atomic E-state index is 14.9. The van der Waals surface area contributed by atoms with Crippen molar-refractivity contribution in [1.82, 2.24) is 5.32 Å². The van der Waals surface area contributed by atoms with E-state index in [4.69, 9.17) is 17.0 Å². The molecule has 6 heteroatoms. The third-order valence-corrected chi connectivity index (χ3v) is 8.12. The molecule has 3 aromatic rings. The number of carbonyl (C=O) groups excluding carboxylic acids is 1. The fraction of sp³-hybridized carbons (Fsp3) is 0.333. The second kappa shape index (κ2) is 10.1. The van der Waals surface area contributed by atoms with Gasteiger partial charge in [0.1, 0.15) is 12.4 Å². The first-order chi connectivity index (χ1) is 17.4. The molecule has 1 amide bonds. The molecule has 0 radical (unpaired) electrons. The second-order valence-electron chi connectivity index (χ2n) is 10.1. The molecule has 36 heavy (non-hydrogen) atoms. The number of nitrogens with one attached hydrogen (secondary N) is 1. The van der Waals surface area contributed by atoms with Crippen LogP contribution in [0.2, 0.25) is 0 Å². The van der Waals surface area contributed by atoms with Gasteiger partial charge >= 0.3 is 6.09 Å². The van der Waals surface area contributed by atoms with Crippen molar-refractivity contribution in [3.8, 4) is 11.1 Å². The van der Waals surface area contributed by atoms with Gasteiger partial charge < -0.3 is 9.84 Å². The summed E-state index contributed by atoms with van der Waals surface area (Å²) in [5.41, 5.74) is 4.47. The summed E-state index contributed by atoms with van der Waals surface area (Å²) in [5.74, 6) is -0.199. The van der Waals surface area contributed by atoms with E-state index in [1.165, 1.54) is 6.07 Å². The summed E-state index contributed by atoms with van der Waals surface area (Å²) in [5, 5.41) is 12.9. The lowest BCUT2D eigenvalue weighted by Crippen LogP contribution is -2.41. The minimum atomic E-state index is -0.673. The molecule has 0 saturated heterocycles. The topological polar surface area (TPSA) is 58.6 Å². The van der Waals surface area contributed by atoms with Gasteiger partial charge in [0.2, 0.25) is 0 Å². The molecule has 0 aliphatic heterocycles. The highest BCUT2D eigenvalue weighted by atomic mass is 32.1. The van der Waals surface area contributed by atoms with Crippen LogP contribution in [0.15, 0.2) is 72.8 Å². The average molecular weight is 504 g/mol. The van der Waals surface area contributed by atoms with Crippen molar-refractivity contribution < 1.29 is 19.0 Å². The number of ether oxygens (including phenoxy) is 1. The molecule has 0 heterocycles. The van der Waals surface area contributed by atoms with Crippen LogP contribution in [-0.2, 0) is 10.2 Å². The van der Waals surface area contributed by atoms with Gasteiger partial charge in [-0.25, -0.2) is 9.18 Å². The van der Waals surface area contributed by atoms with Crippen molar-refractivity contribution in [1.29, 1.82) is 0 Å². The second-order valence-corrected chi connectivity index (χ2v) is 10.6. The molecule has 0 aromatic heterocycles. The predicted molar refractivity (Wildman–Crippen MR) is 142 cm³/mol. The van der Waals surface area contributed by atoms with Crippen LogP contribution in [0.5, 0.6) is 0 Å². The summed E-state index contributed by atoms with van der Waals surface area (Å²) in [7, 11) is 0. The summed E-state index contributed by atoms with van der Waals surface area (Å²) in [6.45, 7) is 2.23. The maximum atomic E-state index is 14.9. The molecule has 2 aliphatic carbocycles. The van der Waals surface area contributed by atoms with Crippen LogP contribution in [0.1, 0.15) is 48.8 Å². The molecule has 186 valence electrons. The van der Waals surface area contributed by atoms with Crippen LogP contribution < -0.4 is 5.32 Å². The first-order valence-electron chi connectivity index (χ1n) is 12.4. The molecular weight excluding hydrogens is 473 g/mol. The summed E-state index contributed by atoms with van der Waals surface area (Å²) < 4.78 is 20.6. The molecule has 1 saturated carbocycles. The van der Waals surface area contributed by atoms with E-state index in [0.717, 1.165) is 28.7 Å². The fourth-order valence-electron chi connectivity index (χ4n) is 6.42. The fourth-order valence-corrected chi connectivity index (χ4v) is 6.76. The lowest BCUT2D eigenvalue weighted by molar-refractivity contribution is 0.147. The van der Waals surface area contributed by atoms with Crippen LogP contribution in [0.3, 0.4) is 0 Å². The van der Waals surface area contributed by atoms with Gasteiger partial charge in [-0.3, -0.25) is 5.32 Å². The Balaban J connectivity index is 1.29. The number of aliphatic hydroxyl groups excluding tert-OH is 1. The third kappa shape index (κ3) is 4.44. The van der Waals surface area contributed by atoms with Crippen LogP contribution in [0, 0.1) is 17.7 Å². The van der Waals surface area contributed by atoms with E-state index < -0.39 is 11.5 Å². The Morgan fingerprint density at radius 2 is 1.67 bits per heavy atom. The first-order valence-corrected chi connectivity index (χ1v) is 12.8. The smallest absolute Gasteiger partial charge is 0.412 e. The monoisotopic (exact) mass is 503 g/mol. The molecule has 1 fully saturated rings. The Hall–Kier alpha value is -3.09. The average Bonchev–Trinajstić information content (AvgIpc) is 3.37. The number of alkyl carbamates (subject to hydrolysis) is 1. The number of hydrogen-bond donors (Lipinski definition) is 2. The summed E-state index contributed by atoms with van der Waals surface area (Å²) >= 11 is 5.58. The number of halogens is 1. The number of amides is 1. The van der Waals surface area contributed by atoms with Crippen LogP contribution in [-0.4, -0.2) is 29.4 Å². The molecular formula is C30H30FNO3S. The van der Waals surface area contributed by atoms with Gasteiger partial charge in [0.15, 0.2) is 0 Å². The number of fused-ring (bicyclic) bond motifs is 3. The maximum Gasteiger partial charge on any atom is 0.412 e. The minimum absolute atomic E-state index is 0.0454. The van der Waals surface area contributed by atoms with Crippen molar-refractivity contribution in [3.63, 3.8) is 0 Å². The number of thiocarbonyl (C=S) groups is 1. The van der Waals surface area contributed by atoms with Crippen molar-refractivity contribution in [3.05, 3.63) is 95.3 Å². The lowest BCUT2D eigenvalue weighted by Gasteiger charge is -2.36. The van der Waals surface area contributed by atoms with Gasteiger partial charge in [-0.1, -0.05) is 85.9 Å². The normalized spacial score (nSPS) is 22.6. The molecule has 2 aliphatic rings. The molecule has 0 bridgehead atoms. The van der Waals surface area contributed by atoms with E-state index in [0.29, 0.717) is 22.9 Å². The summed E-state index contributed by atoms with van der Waals surface area (Å²) in [6.07, 6.45) is 1.12. The molecule has 3 atom stereocenters. The number of rotatable bonds is 6. The van der Waals surface area contributed by atoms with Crippen molar-refractivity contribution in [2.75, 3.05) is 13.2 Å². The molecule has 0 spiro atoms. The quantitative estimate of drug-likeness (QED) is 0.385. The Bertz CT molecular complexity index is 1250. The Labute approximate surface area is 216 Å². The summed E-state index contributed by atoms with van der Waals surface area (Å²) in [4.78, 5) is 13.1. The Kier molecular flexibility index (Phi) is 6.91. The highest BCUT2D eigenvalue weighted by Gasteiger charge is 2.48. The third-order valence-electron chi connectivity index (χ3n) is 7.87. The predicted octanol–water partition coefficient (Wildman–Crippen LogP) is 6.36.